The third kappa shape index (κ3) is 2.80. The van der Waals surface area contributed by atoms with Crippen LogP contribution < -0.4 is 11.3 Å². The zero-order valence-corrected chi connectivity index (χ0v) is 10.9. The van der Waals surface area contributed by atoms with E-state index >= 15 is 0 Å². The number of nitrogens with one attached hydrogen (secondary N) is 1. The quantitative estimate of drug-likeness (QED) is 0.604. The Morgan fingerprint density at radius 2 is 2.18 bits per heavy atom. The highest BCUT2D eigenvalue weighted by Crippen LogP contribution is 2.31. The molecule has 5 heteroatoms. The van der Waals surface area contributed by atoms with Crippen LogP contribution in [0.3, 0.4) is 0 Å². The van der Waals surface area contributed by atoms with Crippen molar-refractivity contribution in [3.63, 3.8) is 0 Å². The molecule has 0 aliphatic carbocycles. The van der Waals surface area contributed by atoms with Gasteiger partial charge < -0.3 is 4.90 Å². The lowest BCUT2D eigenvalue weighted by atomic mass is 9.84. The van der Waals surface area contributed by atoms with E-state index in [4.69, 9.17) is 5.84 Å². The molecule has 0 aliphatic heterocycles. The predicted molar refractivity (Wildman–Crippen MR) is 66.6 cm³/mol. The SMILES string of the molecule is CCC(C)(C(NN)c1cncc(F)c1)N(C)C. The fourth-order valence-corrected chi connectivity index (χ4v) is 2.00. The van der Waals surface area contributed by atoms with Gasteiger partial charge in [0.05, 0.1) is 12.2 Å². The van der Waals surface area contributed by atoms with Crippen LogP contribution in [0.1, 0.15) is 31.9 Å². The van der Waals surface area contributed by atoms with Gasteiger partial charge in [-0.2, -0.15) is 0 Å². The minimum Gasteiger partial charge on any atom is -0.302 e. The number of hydrazine groups is 1. The van der Waals surface area contributed by atoms with E-state index in [-0.39, 0.29) is 17.4 Å². The van der Waals surface area contributed by atoms with Gasteiger partial charge in [-0.25, -0.2) is 4.39 Å². The maximum absolute atomic E-state index is 13.2. The van der Waals surface area contributed by atoms with Crippen LogP contribution in [0.5, 0.6) is 0 Å². The lowest BCUT2D eigenvalue weighted by Gasteiger charge is -2.42. The molecule has 0 radical (unpaired) electrons. The monoisotopic (exact) mass is 240 g/mol. The van der Waals surface area contributed by atoms with E-state index in [0.717, 1.165) is 12.0 Å². The zero-order chi connectivity index (χ0) is 13.1. The Morgan fingerprint density at radius 1 is 1.53 bits per heavy atom. The zero-order valence-electron chi connectivity index (χ0n) is 10.9. The van der Waals surface area contributed by atoms with Gasteiger partial charge in [0.25, 0.3) is 0 Å². The first-order valence-corrected chi connectivity index (χ1v) is 5.69. The fourth-order valence-electron chi connectivity index (χ4n) is 2.00. The second-order valence-corrected chi connectivity index (χ2v) is 4.64. The van der Waals surface area contributed by atoms with E-state index in [1.54, 1.807) is 6.20 Å². The molecular weight excluding hydrogens is 219 g/mol. The van der Waals surface area contributed by atoms with Crippen LogP contribution in [0.2, 0.25) is 0 Å². The molecular formula is C12H21FN4. The summed E-state index contributed by atoms with van der Waals surface area (Å²) in [6, 6.07) is 1.29. The Labute approximate surface area is 102 Å². The molecule has 0 aromatic carbocycles. The number of rotatable bonds is 5. The van der Waals surface area contributed by atoms with E-state index < -0.39 is 0 Å². The maximum atomic E-state index is 13.2. The molecule has 2 atom stereocenters. The highest BCUT2D eigenvalue weighted by atomic mass is 19.1. The number of likely N-dealkylation sites (N-methyl/N-ethyl adjacent to an activating group) is 1. The predicted octanol–water partition coefficient (Wildman–Crippen LogP) is 1.46. The van der Waals surface area contributed by atoms with E-state index in [0.29, 0.717) is 0 Å². The Bertz CT molecular complexity index is 369. The molecule has 0 aliphatic rings. The molecule has 0 saturated heterocycles. The average molecular weight is 240 g/mol. The van der Waals surface area contributed by atoms with Crippen LogP contribution in [0.4, 0.5) is 4.39 Å². The van der Waals surface area contributed by atoms with Crippen molar-refractivity contribution in [2.45, 2.75) is 31.8 Å². The number of aromatic nitrogens is 1. The van der Waals surface area contributed by atoms with Crippen LogP contribution >= 0.6 is 0 Å². The molecule has 0 saturated carbocycles. The third-order valence-corrected chi connectivity index (χ3v) is 3.59. The molecule has 96 valence electrons. The summed E-state index contributed by atoms with van der Waals surface area (Å²) in [6.45, 7) is 4.17. The normalized spacial score (nSPS) is 16.9. The van der Waals surface area contributed by atoms with Crippen molar-refractivity contribution >= 4 is 0 Å². The van der Waals surface area contributed by atoms with Gasteiger partial charge in [0.15, 0.2) is 0 Å². The van der Waals surface area contributed by atoms with Crippen molar-refractivity contribution < 1.29 is 4.39 Å². The second-order valence-electron chi connectivity index (χ2n) is 4.64. The molecule has 17 heavy (non-hydrogen) atoms. The third-order valence-electron chi connectivity index (χ3n) is 3.59. The number of pyridine rings is 1. The number of nitrogens with two attached hydrogens (primary N) is 1. The van der Waals surface area contributed by atoms with Crippen LogP contribution in [0.25, 0.3) is 0 Å². The van der Waals surface area contributed by atoms with E-state index in [2.05, 4.69) is 29.2 Å². The first kappa shape index (κ1) is 14.0. The van der Waals surface area contributed by atoms with Crippen molar-refractivity contribution in [1.82, 2.24) is 15.3 Å². The second kappa shape index (κ2) is 5.53. The van der Waals surface area contributed by atoms with Crippen molar-refractivity contribution in [3.05, 3.63) is 29.8 Å². The summed E-state index contributed by atoms with van der Waals surface area (Å²) in [6.07, 6.45) is 3.71. The Balaban J connectivity index is 3.14. The molecule has 4 nitrogen and oxygen atoms in total. The summed E-state index contributed by atoms with van der Waals surface area (Å²) >= 11 is 0. The van der Waals surface area contributed by atoms with Crippen molar-refractivity contribution in [2.75, 3.05) is 14.1 Å². The number of halogens is 1. The lowest BCUT2D eigenvalue weighted by molar-refractivity contribution is 0.112. The number of hydrogen-bond donors (Lipinski definition) is 2. The molecule has 1 heterocycles. The van der Waals surface area contributed by atoms with Gasteiger partial charge in [-0.3, -0.25) is 16.3 Å². The van der Waals surface area contributed by atoms with E-state index in [9.17, 15) is 4.39 Å². The molecule has 1 aromatic heterocycles. The van der Waals surface area contributed by atoms with Crippen LogP contribution in [-0.4, -0.2) is 29.5 Å². The number of nitrogens with zero attached hydrogens (tertiary/aromatic N) is 2. The fraction of sp³-hybridized carbons (Fsp3) is 0.583. The van der Waals surface area contributed by atoms with Gasteiger partial charge in [-0.15, -0.1) is 0 Å². The minimum absolute atomic E-state index is 0.175. The average Bonchev–Trinajstić information content (AvgIpc) is 2.29. The molecule has 1 aromatic rings. The molecule has 0 spiro atoms. The van der Waals surface area contributed by atoms with Gasteiger partial charge in [-0.1, -0.05) is 6.92 Å². The van der Waals surface area contributed by atoms with Crippen LogP contribution in [0, 0.1) is 5.82 Å². The standard InChI is InChI=1S/C12H21FN4/c1-5-12(2,17(3)4)11(16-14)9-6-10(13)8-15-7-9/h6-8,11,16H,5,14H2,1-4H3. The van der Waals surface area contributed by atoms with Crippen molar-refractivity contribution in [1.29, 1.82) is 0 Å². The molecule has 3 N–H and O–H groups in total. The molecule has 0 amide bonds. The van der Waals surface area contributed by atoms with Gasteiger partial charge in [0.2, 0.25) is 0 Å². The van der Waals surface area contributed by atoms with Crippen LogP contribution in [0.15, 0.2) is 18.5 Å². The molecule has 0 fully saturated rings. The number of hydrogen-bond acceptors (Lipinski definition) is 4. The van der Waals surface area contributed by atoms with E-state index in [1.807, 2.05) is 14.1 Å². The highest BCUT2D eigenvalue weighted by Gasteiger charge is 2.35. The van der Waals surface area contributed by atoms with E-state index in [1.165, 1.54) is 12.3 Å². The summed E-state index contributed by atoms with van der Waals surface area (Å²) < 4.78 is 13.2. The van der Waals surface area contributed by atoms with Gasteiger partial charge >= 0.3 is 0 Å². The summed E-state index contributed by atoms with van der Waals surface area (Å²) in [7, 11) is 3.97. The summed E-state index contributed by atoms with van der Waals surface area (Å²) in [5.74, 6) is 5.28. The summed E-state index contributed by atoms with van der Waals surface area (Å²) in [5.41, 5.74) is 3.32. The largest absolute Gasteiger partial charge is 0.302 e. The Hall–Kier alpha value is -1.04. The van der Waals surface area contributed by atoms with Crippen molar-refractivity contribution in [3.8, 4) is 0 Å². The van der Waals surface area contributed by atoms with Gasteiger partial charge in [0.1, 0.15) is 5.82 Å². The highest BCUT2D eigenvalue weighted by molar-refractivity contribution is 5.19. The van der Waals surface area contributed by atoms with Gasteiger partial charge in [-0.05, 0) is 39.1 Å². The molecule has 0 bridgehead atoms. The smallest absolute Gasteiger partial charge is 0.141 e. The summed E-state index contributed by atoms with van der Waals surface area (Å²) in [5, 5.41) is 0. The molecule has 1 rings (SSSR count). The Morgan fingerprint density at radius 3 is 2.59 bits per heavy atom. The van der Waals surface area contributed by atoms with Crippen LogP contribution in [-0.2, 0) is 0 Å². The first-order chi connectivity index (χ1) is 7.95. The first-order valence-electron chi connectivity index (χ1n) is 5.69. The topological polar surface area (TPSA) is 54.2 Å². The minimum atomic E-state index is -0.347. The summed E-state index contributed by atoms with van der Waals surface area (Å²) in [4.78, 5) is 5.96. The lowest BCUT2D eigenvalue weighted by Crippen LogP contribution is -2.53. The molecule has 2 unspecified atom stereocenters. The van der Waals surface area contributed by atoms with Gasteiger partial charge in [0, 0.05) is 11.7 Å². The van der Waals surface area contributed by atoms with Crippen molar-refractivity contribution in [2.24, 2.45) is 5.84 Å². The Kier molecular flexibility index (Phi) is 4.56. The maximum Gasteiger partial charge on any atom is 0.141 e.